The van der Waals surface area contributed by atoms with Crippen molar-refractivity contribution in [2.24, 2.45) is 0 Å². The lowest BCUT2D eigenvalue weighted by Gasteiger charge is -2.32. The van der Waals surface area contributed by atoms with Gasteiger partial charge in [0.15, 0.2) is 0 Å². The molecule has 0 bridgehead atoms. The Kier molecular flexibility index (Phi) is 9.82. The molecule has 0 spiro atoms. The molecule has 0 aliphatic carbocycles. The number of hydrogen-bond donors (Lipinski definition) is 1. The molecule has 3 aromatic rings. The molecule has 202 valence electrons. The molecule has 0 fully saturated rings. The van der Waals surface area contributed by atoms with Crippen LogP contribution in [0.15, 0.2) is 71.6 Å². The summed E-state index contributed by atoms with van der Waals surface area (Å²) in [5.74, 6) is -0.912. The number of rotatable bonds is 10. The van der Waals surface area contributed by atoms with Crippen LogP contribution in [0.3, 0.4) is 0 Å². The summed E-state index contributed by atoms with van der Waals surface area (Å²) in [6, 6.07) is 17.3. The Morgan fingerprint density at radius 2 is 1.66 bits per heavy atom. The zero-order valence-electron chi connectivity index (χ0n) is 21.7. The monoisotopic (exact) mass is 575 g/mol. The maximum absolute atomic E-state index is 13.8. The first-order chi connectivity index (χ1) is 17.9. The van der Waals surface area contributed by atoms with Crippen molar-refractivity contribution in [3.63, 3.8) is 0 Å². The van der Waals surface area contributed by atoms with Crippen LogP contribution in [0, 0.1) is 13.8 Å². The molecule has 2 amide bonds. The van der Waals surface area contributed by atoms with Gasteiger partial charge >= 0.3 is 0 Å². The largest absolute Gasteiger partial charge is 0.355 e. The second-order valence-corrected chi connectivity index (χ2v) is 11.7. The minimum atomic E-state index is -4.16. The van der Waals surface area contributed by atoms with Gasteiger partial charge in [-0.05, 0) is 75.2 Å². The van der Waals surface area contributed by atoms with E-state index in [1.54, 1.807) is 69.3 Å². The van der Waals surface area contributed by atoms with Crippen molar-refractivity contribution in [2.75, 3.05) is 17.4 Å². The molecule has 0 aliphatic rings. The van der Waals surface area contributed by atoms with Crippen LogP contribution >= 0.6 is 23.2 Å². The summed E-state index contributed by atoms with van der Waals surface area (Å²) in [5.41, 5.74) is 2.60. The molecule has 0 unspecified atom stereocenters. The van der Waals surface area contributed by atoms with Crippen molar-refractivity contribution in [1.82, 2.24) is 10.2 Å². The number of nitrogens with zero attached hydrogens (tertiary/aromatic N) is 2. The van der Waals surface area contributed by atoms with E-state index in [0.717, 1.165) is 15.4 Å². The van der Waals surface area contributed by atoms with Gasteiger partial charge in [-0.25, -0.2) is 8.42 Å². The first-order valence-corrected chi connectivity index (χ1v) is 14.3. The van der Waals surface area contributed by atoms with E-state index in [9.17, 15) is 18.0 Å². The van der Waals surface area contributed by atoms with Crippen molar-refractivity contribution in [1.29, 1.82) is 0 Å². The fourth-order valence-corrected chi connectivity index (χ4v) is 5.63. The summed E-state index contributed by atoms with van der Waals surface area (Å²) in [7, 11) is -4.16. The number of nitrogens with one attached hydrogen (secondary N) is 1. The second kappa shape index (κ2) is 12.7. The number of carbonyl (C=O) groups excluding carboxylic acids is 2. The smallest absolute Gasteiger partial charge is 0.264 e. The Morgan fingerprint density at radius 1 is 0.974 bits per heavy atom. The SMILES string of the molecule is CCNC(=O)[C@H](C)N(Cc1cccc(Cl)c1)C(=O)CN(c1ccc(C)c(Cl)c1)S(=O)(=O)c1ccc(C)cc1. The minimum absolute atomic E-state index is 0.0331. The Labute approximate surface area is 234 Å². The molecule has 3 aromatic carbocycles. The van der Waals surface area contributed by atoms with Crippen LogP contribution in [0.5, 0.6) is 0 Å². The standard InChI is InChI=1S/C28H31Cl2N3O4S/c1-5-31-28(35)21(4)32(17-22-7-6-8-23(29)15-22)27(34)18-33(24-12-11-20(3)26(30)16-24)38(36,37)25-13-9-19(2)10-14-25/h6-16,21H,5,17-18H2,1-4H3,(H,31,35)/t21-/m0/s1. The number of anilines is 1. The van der Waals surface area contributed by atoms with Crippen LogP contribution in [0.4, 0.5) is 5.69 Å². The molecule has 38 heavy (non-hydrogen) atoms. The maximum Gasteiger partial charge on any atom is 0.264 e. The second-order valence-electron chi connectivity index (χ2n) is 8.98. The number of amides is 2. The van der Waals surface area contributed by atoms with Gasteiger partial charge in [-0.2, -0.15) is 0 Å². The fourth-order valence-electron chi connectivity index (χ4n) is 3.84. The van der Waals surface area contributed by atoms with Gasteiger partial charge < -0.3 is 10.2 Å². The summed E-state index contributed by atoms with van der Waals surface area (Å²) >= 11 is 12.5. The van der Waals surface area contributed by atoms with E-state index in [4.69, 9.17) is 23.2 Å². The number of aryl methyl sites for hydroxylation is 2. The highest BCUT2D eigenvalue weighted by Gasteiger charge is 2.32. The van der Waals surface area contributed by atoms with Gasteiger partial charge in [-0.3, -0.25) is 13.9 Å². The summed E-state index contributed by atoms with van der Waals surface area (Å²) in [6.45, 7) is 6.95. The van der Waals surface area contributed by atoms with E-state index < -0.39 is 28.5 Å². The normalized spacial score (nSPS) is 12.1. The molecule has 3 rings (SSSR count). The van der Waals surface area contributed by atoms with Gasteiger partial charge in [0.2, 0.25) is 11.8 Å². The molecule has 1 N–H and O–H groups in total. The molecule has 0 saturated heterocycles. The molecule has 0 heterocycles. The van der Waals surface area contributed by atoms with Crippen molar-refractivity contribution in [2.45, 2.75) is 45.2 Å². The molecule has 0 aromatic heterocycles. The highest BCUT2D eigenvalue weighted by Crippen LogP contribution is 2.29. The van der Waals surface area contributed by atoms with Crippen LogP contribution in [0.25, 0.3) is 0 Å². The molecular formula is C28H31Cl2N3O4S. The van der Waals surface area contributed by atoms with E-state index in [1.165, 1.54) is 23.1 Å². The van der Waals surface area contributed by atoms with Crippen molar-refractivity contribution < 1.29 is 18.0 Å². The third kappa shape index (κ3) is 7.07. The van der Waals surface area contributed by atoms with E-state index in [2.05, 4.69) is 5.32 Å². The number of benzene rings is 3. The summed E-state index contributed by atoms with van der Waals surface area (Å²) in [6.07, 6.45) is 0. The predicted octanol–water partition coefficient (Wildman–Crippen LogP) is 5.36. The maximum atomic E-state index is 13.8. The molecule has 10 heteroatoms. The highest BCUT2D eigenvalue weighted by molar-refractivity contribution is 7.92. The molecule has 0 saturated carbocycles. The lowest BCUT2D eigenvalue weighted by molar-refractivity contribution is -0.139. The average molecular weight is 577 g/mol. The van der Waals surface area contributed by atoms with Gasteiger partial charge in [-0.1, -0.05) is 59.1 Å². The van der Waals surface area contributed by atoms with Gasteiger partial charge in [-0.15, -0.1) is 0 Å². The first kappa shape index (κ1) is 29.5. The van der Waals surface area contributed by atoms with Crippen LogP contribution in [0.1, 0.15) is 30.5 Å². The Hall–Kier alpha value is -3.07. The van der Waals surface area contributed by atoms with Crippen molar-refractivity contribution in [3.8, 4) is 0 Å². The van der Waals surface area contributed by atoms with Crippen molar-refractivity contribution in [3.05, 3.63) is 93.5 Å². The zero-order chi connectivity index (χ0) is 28.0. The average Bonchev–Trinajstić information content (AvgIpc) is 2.87. The van der Waals surface area contributed by atoms with E-state index >= 15 is 0 Å². The van der Waals surface area contributed by atoms with Crippen LogP contribution in [-0.2, 0) is 26.2 Å². The van der Waals surface area contributed by atoms with Gasteiger partial charge in [0.25, 0.3) is 10.0 Å². The van der Waals surface area contributed by atoms with E-state index in [0.29, 0.717) is 22.2 Å². The molecule has 0 radical (unpaired) electrons. The van der Waals surface area contributed by atoms with Crippen molar-refractivity contribution >= 4 is 50.7 Å². The predicted molar refractivity (Wildman–Crippen MR) is 152 cm³/mol. The van der Waals surface area contributed by atoms with Crippen LogP contribution in [0.2, 0.25) is 10.0 Å². The topological polar surface area (TPSA) is 86.8 Å². The van der Waals surface area contributed by atoms with Gasteiger partial charge in [0, 0.05) is 23.1 Å². The highest BCUT2D eigenvalue weighted by atomic mass is 35.5. The quantitative estimate of drug-likeness (QED) is 0.352. The summed E-state index contributed by atoms with van der Waals surface area (Å²) < 4.78 is 28.7. The number of hydrogen-bond acceptors (Lipinski definition) is 4. The zero-order valence-corrected chi connectivity index (χ0v) is 24.1. The van der Waals surface area contributed by atoms with Gasteiger partial charge in [0.1, 0.15) is 12.6 Å². The Balaban J connectivity index is 2.06. The lowest BCUT2D eigenvalue weighted by Crippen LogP contribution is -2.51. The molecule has 0 aliphatic heterocycles. The minimum Gasteiger partial charge on any atom is -0.355 e. The Bertz CT molecular complexity index is 1410. The van der Waals surface area contributed by atoms with E-state index in [-0.39, 0.29) is 23.0 Å². The summed E-state index contributed by atoms with van der Waals surface area (Å²) in [5, 5.41) is 3.58. The van der Waals surface area contributed by atoms with Gasteiger partial charge in [0.05, 0.1) is 10.6 Å². The number of sulfonamides is 1. The number of likely N-dealkylation sites (N-methyl/N-ethyl adjacent to an activating group) is 1. The fraction of sp³-hybridized carbons (Fsp3) is 0.286. The van der Waals surface area contributed by atoms with Crippen LogP contribution in [-0.4, -0.2) is 44.3 Å². The molecule has 1 atom stereocenters. The summed E-state index contributed by atoms with van der Waals surface area (Å²) in [4.78, 5) is 28.0. The molecular weight excluding hydrogens is 545 g/mol. The lowest BCUT2D eigenvalue weighted by atomic mass is 10.1. The Morgan fingerprint density at radius 3 is 2.26 bits per heavy atom. The third-order valence-electron chi connectivity index (χ3n) is 6.09. The number of halogens is 2. The van der Waals surface area contributed by atoms with E-state index in [1.807, 2.05) is 6.92 Å². The van der Waals surface area contributed by atoms with Crippen LogP contribution < -0.4 is 9.62 Å². The third-order valence-corrected chi connectivity index (χ3v) is 8.52. The number of carbonyl (C=O) groups is 2. The molecule has 7 nitrogen and oxygen atoms in total. The first-order valence-electron chi connectivity index (χ1n) is 12.1.